The average molecular weight is 983 g/mol. The van der Waals surface area contributed by atoms with E-state index in [0.29, 0.717) is 0 Å². The third kappa shape index (κ3) is 8.32. The van der Waals surface area contributed by atoms with Crippen LogP contribution in [0.25, 0.3) is 88.2 Å². The van der Waals surface area contributed by atoms with Crippen LogP contribution in [0, 0.1) is 0 Å². The Balaban J connectivity index is 0.869. The highest BCUT2D eigenvalue weighted by molar-refractivity contribution is 6.02. The summed E-state index contributed by atoms with van der Waals surface area (Å²) in [7, 11) is 0. The first kappa shape index (κ1) is 45.8. The Morgan fingerprint density at radius 1 is 0.338 bits per heavy atom. The topological polar surface area (TPSA) is 8.17 Å². The predicted molar refractivity (Wildman–Crippen MR) is 326 cm³/mol. The summed E-state index contributed by atoms with van der Waals surface area (Å²) in [6.45, 7) is 2.41. The lowest BCUT2D eigenvalue weighted by Crippen LogP contribution is -2.17. The molecule has 2 nitrogen and oxygen atoms in total. The zero-order chi connectivity index (χ0) is 51.2. The molecular weight excluding hydrogens is 929 g/mol. The van der Waals surface area contributed by atoms with Crippen LogP contribution < -0.4 is 4.90 Å². The van der Waals surface area contributed by atoms with Crippen LogP contribution in [-0.4, -0.2) is 4.57 Å². The molecule has 0 aliphatic heterocycles. The van der Waals surface area contributed by atoms with E-state index in [1.165, 1.54) is 111 Å². The monoisotopic (exact) mass is 982 g/mol. The summed E-state index contributed by atoms with van der Waals surface area (Å²) in [5.41, 5.74) is 21.7. The van der Waals surface area contributed by atoms with Crippen LogP contribution in [0.5, 0.6) is 0 Å². The number of allylic oxidation sites excluding steroid dienone is 1. The third-order valence-corrected chi connectivity index (χ3v) is 16.0. The van der Waals surface area contributed by atoms with Gasteiger partial charge in [-0.2, -0.15) is 0 Å². The smallest absolute Gasteiger partial charge is 0.0538 e. The van der Waals surface area contributed by atoms with E-state index >= 15 is 0 Å². The van der Waals surface area contributed by atoms with Gasteiger partial charge >= 0.3 is 0 Å². The van der Waals surface area contributed by atoms with Gasteiger partial charge in [0.1, 0.15) is 0 Å². The van der Waals surface area contributed by atoms with Gasteiger partial charge in [0.25, 0.3) is 0 Å². The number of rotatable bonds is 10. The third-order valence-electron chi connectivity index (χ3n) is 16.0. The molecule has 12 aromatic carbocycles. The molecule has 14 rings (SSSR count). The van der Waals surface area contributed by atoms with Crippen molar-refractivity contribution in [1.29, 1.82) is 0 Å². The summed E-state index contributed by atoms with van der Waals surface area (Å²) in [6.07, 6.45) is 2.55. The van der Waals surface area contributed by atoms with Crippen molar-refractivity contribution < 1.29 is 0 Å². The first-order valence-electron chi connectivity index (χ1n) is 26.8. The van der Waals surface area contributed by atoms with Crippen molar-refractivity contribution in [2.45, 2.75) is 18.8 Å². The second-order valence-corrected chi connectivity index (χ2v) is 20.4. The van der Waals surface area contributed by atoms with Crippen molar-refractivity contribution in [3.63, 3.8) is 0 Å². The largest absolute Gasteiger partial charge is 0.313 e. The number of para-hydroxylation sites is 2. The summed E-state index contributed by atoms with van der Waals surface area (Å²) in [5.74, 6) is 0.372. The molecule has 0 saturated heterocycles. The normalized spacial score (nSPS) is 14.1. The molecule has 0 saturated carbocycles. The van der Waals surface area contributed by atoms with E-state index in [-0.39, 0.29) is 11.8 Å². The van der Waals surface area contributed by atoms with Crippen molar-refractivity contribution in [3.05, 3.63) is 320 Å². The van der Waals surface area contributed by atoms with Gasteiger partial charge in [-0.05, 0) is 137 Å². The van der Waals surface area contributed by atoms with Crippen LogP contribution >= 0.6 is 0 Å². The van der Waals surface area contributed by atoms with Gasteiger partial charge in [0.05, 0.1) is 5.52 Å². The number of hydrogen-bond donors (Lipinski definition) is 0. The molecular formula is C75H54N2. The van der Waals surface area contributed by atoms with E-state index < -0.39 is 0 Å². The molecule has 0 radical (unpaired) electrons. The van der Waals surface area contributed by atoms with Gasteiger partial charge < -0.3 is 9.47 Å². The second kappa shape index (κ2) is 19.5. The highest BCUT2D eigenvalue weighted by atomic mass is 15.1. The number of nitrogens with zero attached hydrogens (tertiary/aromatic N) is 2. The zero-order valence-electron chi connectivity index (χ0n) is 42.8. The van der Waals surface area contributed by atoms with Gasteiger partial charge in [-0.15, -0.1) is 0 Å². The minimum absolute atomic E-state index is 0.160. The Bertz CT molecular complexity index is 4120. The number of aromatic nitrogens is 1. The van der Waals surface area contributed by atoms with Crippen LogP contribution in [0.2, 0.25) is 0 Å². The number of hydrogen-bond acceptors (Lipinski definition) is 1. The summed E-state index contributed by atoms with van der Waals surface area (Å²) in [4.78, 5) is 2.42. The van der Waals surface area contributed by atoms with Crippen molar-refractivity contribution in [2.75, 3.05) is 4.90 Å². The lowest BCUT2D eigenvalue weighted by Gasteiger charge is -2.31. The molecule has 1 aliphatic carbocycles. The maximum atomic E-state index is 2.55. The van der Waals surface area contributed by atoms with Crippen LogP contribution in [0.15, 0.2) is 297 Å². The second-order valence-electron chi connectivity index (χ2n) is 20.4. The van der Waals surface area contributed by atoms with Crippen LogP contribution in [-0.2, 0) is 0 Å². The lowest BCUT2D eigenvalue weighted by atomic mass is 9.75. The van der Waals surface area contributed by atoms with Crippen LogP contribution in [0.1, 0.15) is 41.1 Å². The lowest BCUT2D eigenvalue weighted by molar-refractivity contribution is 0.637. The summed E-state index contributed by atoms with van der Waals surface area (Å²) >= 11 is 0. The average Bonchev–Trinajstić information content (AvgIpc) is 4.01. The van der Waals surface area contributed by atoms with Crippen molar-refractivity contribution in [3.8, 4) is 50.2 Å². The summed E-state index contributed by atoms with van der Waals surface area (Å²) in [5, 5.41) is 6.30. The first-order chi connectivity index (χ1) is 38.1. The molecule has 1 heterocycles. The molecule has 1 aliphatic rings. The van der Waals surface area contributed by atoms with E-state index in [9.17, 15) is 0 Å². The maximum Gasteiger partial charge on any atom is 0.0538 e. The van der Waals surface area contributed by atoms with Crippen LogP contribution in [0.3, 0.4) is 0 Å². The SMILES string of the molecule is CC1c2c(c3ccccc3n2-c2ccccc2)C(c2cccc(N(c3ccc(-c4ccc(-c5cccc6ccccc56)cc4)cc3)c3ccc(-c4ccc(-c5cccc6ccccc56)cc4)cc3)c2)=CC1c1ccccc1. The molecule has 364 valence electrons. The highest BCUT2D eigenvalue weighted by Crippen LogP contribution is 2.51. The zero-order valence-corrected chi connectivity index (χ0v) is 42.8. The molecule has 0 N–H and O–H groups in total. The van der Waals surface area contributed by atoms with E-state index in [2.05, 4.69) is 314 Å². The molecule has 77 heavy (non-hydrogen) atoms. The Morgan fingerprint density at radius 3 is 1.34 bits per heavy atom. The molecule has 0 spiro atoms. The molecule has 2 heteroatoms. The standard InChI is InChI=1S/C75H54N2/c1-51-71(58-17-4-2-5-18-58)50-72(74-70-29-12-13-32-73(70)77(75(51)74)62-24-6-3-7-25-62)61-23-14-26-65(49-61)76(63-45-41-54(42-46-63)52-33-37-59(38-34-52)68-30-15-21-56-19-8-10-27-66(56)68)64-47-43-55(44-48-64)53-35-39-60(40-36-53)69-31-16-22-57-20-9-11-28-67(57)69/h2-51,71H,1H3. The summed E-state index contributed by atoms with van der Waals surface area (Å²) in [6, 6.07) is 107. The Morgan fingerprint density at radius 2 is 0.779 bits per heavy atom. The van der Waals surface area contributed by atoms with Crippen molar-refractivity contribution in [1.82, 2.24) is 4.57 Å². The Kier molecular flexibility index (Phi) is 11.6. The van der Waals surface area contributed by atoms with Gasteiger partial charge in [-0.3, -0.25) is 0 Å². The minimum Gasteiger partial charge on any atom is -0.313 e. The van der Waals surface area contributed by atoms with Crippen LogP contribution in [0.4, 0.5) is 17.1 Å². The maximum absolute atomic E-state index is 2.55. The quantitative estimate of drug-likeness (QED) is 0.133. The summed E-state index contributed by atoms with van der Waals surface area (Å²) < 4.78 is 2.52. The van der Waals surface area contributed by atoms with Crippen molar-refractivity contribution >= 4 is 55.1 Å². The highest BCUT2D eigenvalue weighted by Gasteiger charge is 2.34. The molecule has 0 amide bonds. The number of benzene rings is 12. The van der Waals surface area contributed by atoms with E-state index in [1.807, 2.05) is 0 Å². The molecule has 0 bridgehead atoms. The molecule has 0 fully saturated rings. The fourth-order valence-electron chi connectivity index (χ4n) is 12.2. The first-order valence-corrected chi connectivity index (χ1v) is 26.8. The van der Waals surface area contributed by atoms with E-state index in [1.54, 1.807) is 0 Å². The molecule has 13 aromatic rings. The van der Waals surface area contributed by atoms with Crippen molar-refractivity contribution in [2.24, 2.45) is 0 Å². The van der Waals surface area contributed by atoms with Gasteiger partial charge in [0.2, 0.25) is 0 Å². The van der Waals surface area contributed by atoms with Gasteiger partial charge in [-0.25, -0.2) is 0 Å². The fraction of sp³-hybridized carbons (Fsp3) is 0.0400. The number of anilines is 3. The Labute approximate surface area is 450 Å². The number of fused-ring (bicyclic) bond motifs is 5. The fourth-order valence-corrected chi connectivity index (χ4v) is 12.2. The predicted octanol–water partition coefficient (Wildman–Crippen LogP) is 20.4. The molecule has 2 unspecified atom stereocenters. The van der Waals surface area contributed by atoms with Gasteiger partial charge in [0.15, 0.2) is 0 Å². The van der Waals surface area contributed by atoms with E-state index in [0.717, 1.165) is 17.1 Å². The molecule has 2 atom stereocenters. The minimum atomic E-state index is 0.160. The van der Waals surface area contributed by atoms with Gasteiger partial charge in [-0.1, -0.05) is 250 Å². The Hall–Kier alpha value is -9.76. The van der Waals surface area contributed by atoms with Gasteiger partial charge in [0, 0.05) is 51.2 Å². The molecule has 1 aromatic heterocycles. The van der Waals surface area contributed by atoms with E-state index in [4.69, 9.17) is 0 Å².